The summed E-state index contributed by atoms with van der Waals surface area (Å²) in [6.45, 7) is 2.81. The first-order valence-corrected chi connectivity index (χ1v) is 10.9. The Labute approximate surface area is 187 Å². The van der Waals surface area contributed by atoms with E-state index in [2.05, 4.69) is 21.8 Å². The van der Waals surface area contributed by atoms with Gasteiger partial charge in [-0.2, -0.15) is 0 Å². The SMILES string of the molecule is COC(=O)/C=C/c1ccc2c(c1)C(=O)CC1(CCN(CCc3ccc(Cl)cc3)CC1)O2. The van der Waals surface area contributed by atoms with Gasteiger partial charge in [-0.25, -0.2) is 4.79 Å². The average molecular weight is 440 g/mol. The molecule has 2 aliphatic rings. The van der Waals surface area contributed by atoms with E-state index < -0.39 is 11.6 Å². The fourth-order valence-corrected chi connectivity index (χ4v) is 4.37. The van der Waals surface area contributed by atoms with Gasteiger partial charge in [0.05, 0.1) is 19.1 Å². The van der Waals surface area contributed by atoms with Crippen molar-refractivity contribution >= 4 is 29.4 Å². The second-order valence-corrected chi connectivity index (χ2v) is 8.65. The number of hydrogen-bond acceptors (Lipinski definition) is 5. The lowest BCUT2D eigenvalue weighted by atomic mass is 9.82. The van der Waals surface area contributed by atoms with Gasteiger partial charge in [0.25, 0.3) is 0 Å². The molecule has 0 saturated carbocycles. The predicted octanol–water partition coefficient (Wildman–Crippen LogP) is 4.57. The molecule has 1 spiro atoms. The molecule has 2 aromatic carbocycles. The summed E-state index contributed by atoms with van der Waals surface area (Å²) in [6.07, 6.45) is 6.04. The number of fused-ring (bicyclic) bond motifs is 1. The molecule has 0 radical (unpaired) electrons. The van der Waals surface area contributed by atoms with Crippen LogP contribution in [0.1, 0.15) is 40.7 Å². The second-order valence-electron chi connectivity index (χ2n) is 8.22. The van der Waals surface area contributed by atoms with Crippen LogP contribution in [0.25, 0.3) is 6.08 Å². The van der Waals surface area contributed by atoms with Gasteiger partial charge in [0.1, 0.15) is 11.4 Å². The summed E-state index contributed by atoms with van der Waals surface area (Å²) >= 11 is 5.96. The molecule has 2 aromatic rings. The maximum Gasteiger partial charge on any atom is 0.330 e. The highest BCUT2D eigenvalue weighted by molar-refractivity contribution is 6.30. The summed E-state index contributed by atoms with van der Waals surface area (Å²) in [6, 6.07) is 13.5. The van der Waals surface area contributed by atoms with Gasteiger partial charge in [-0.15, -0.1) is 0 Å². The first kappa shape index (κ1) is 21.6. The molecule has 2 aliphatic heterocycles. The molecule has 1 saturated heterocycles. The molecule has 0 atom stereocenters. The minimum Gasteiger partial charge on any atom is -0.486 e. The summed E-state index contributed by atoms with van der Waals surface area (Å²) in [5.74, 6) is 0.312. The number of nitrogens with zero attached hydrogens (tertiary/aromatic N) is 1. The number of Topliss-reactive ketones (excluding diaryl/α,β-unsaturated/α-hetero) is 1. The van der Waals surface area contributed by atoms with E-state index in [1.807, 2.05) is 24.3 Å². The minimum atomic E-state index is -0.429. The molecule has 0 aromatic heterocycles. The van der Waals surface area contributed by atoms with Crippen LogP contribution < -0.4 is 4.74 Å². The molecule has 162 valence electrons. The van der Waals surface area contributed by atoms with Crippen molar-refractivity contribution in [3.8, 4) is 5.75 Å². The van der Waals surface area contributed by atoms with E-state index >= 15 is 0 Å². The van der Waals surface area contributed by atoms with Gasteiger partial charge >= 0.3 is 5.97 Å². The number of carbonyl (C=O) groups excluding carboxylic acids is 2. The zero-order chi connectivity index (χ0) is 21.8. The molecule has 31 heavy (non-hydrogen) atoms. The average Bonchev–Trinajstić information content (AvgIpc) is 2.78. The molecular formula is C25H26ClNO4. The van der Waals surface area contributed by atoms with E-state index in [1.54, 1.807) is 12.1 Å². The first-order chi connectivity index (χ1) is 15.0. The van der Waals surface area contributed by atoms with Crippen LogP contribution >= 0.6 is 11.6 Å². The molecular weight excluding hydrogens is 414 g/mol. The maximum absolute atomic E-state index is 12.9. The Morgan fingerprint density at radius 3 is 2.65 bits per heavy atom. The summed E-state index contributed by atoms with van der Waals surface area (Å²) in [5, 5.41) is 0.759. The van der Waals surface area contributed by atoms with Gasteiger partial charge in [-0.1, -0.05) is 29.8 Å². The summed E-state index contributed by atoms with van der Waals surface area (Å²) in [5.41, 5.74) is 2.22. The normalized spacial score (nSPS) is 18.1. The number of benzene rings is 2. The van der Waals surface area contributed by atoms with E-state index in [-0.39, 0.29) is 5.78 Å². The fourth-order valence-electron chi connectivity index (χ4n) is 4.25. The molecule has 0 aliphatic carbocycles. The highest BCUT2D eigenvalue weighted by Crippen LogP contribution is 2.39. The molecule has 0 N–H and O–H groups in total. The largest absolute Gasteiger partial charge is 0.486 e. The predicted molar refractivity (Wildman–Crippen MR) is 121 cm³/mol. The molecule has 0 bridgehead atoms. The topological polar surface area (TPSA) is 55.8 Å². The number of likely N-dealkylation sites (tertiary alicyclic amines) is 1. The molecule has 4 rings (SSSR count). The van der Waals surface area contributed by atoms with E-state index in [0.717, 1.165) is 49.5 Å². The molecule has 0 unspecified atom stereocenters. The van der Waals surface area contributed by atoms with E-state index in [4.69, 9.17) is 16.3 Å². The summed E-state index contributed by atoms with van der Waals surface area (Å²) in [4.78, 5) is 26.6. The van der Waals surface area contributed by atoms with Crippen LogP contribution in [0.5, 0.6) is 5.75 Å². The molecule has 1 fully saturated rings. The zero-order valence-electron chi connectivity index (χ0n) is 17.6. The standard InChI is InChI=1S/C25H26ClNO4/c1-30-24(29)9-5-19-4-8-23-21(16-19)22(28)17-25(31-23)11-14-27(15-12-25)13-10-18-2-6-20(26)7-3-18/h2-9,16H,10-15,17H2,1H3/b9-5+. The van der Waals surface area contributed by atoms with Gasteiger partial charge in [0.15, 0.2) is 5.78 Å². The number of rotatable bonds is 5. The second kappa shape index (κ2) is 9.25. The summed E-state index contributed by atoms with van der Waals surface area (Å²) in [7, 11) is 1.33. The Bertz CT molecular complexity index is 991. The van der Waals surface area contributed by atoms with Gasteiger partial charge < -0.3 is 14.4 Å². The lowest BCUT2D eigenvalue weighted by molar-refractivity contribution is -0.134. The molecule has 2 heterocycles. The van der Waals surface area contributed by atoms with Gasteiger partial charge in [0, 0.05) is 43.6 Å². The fraction of sp³-hybridized carbons (Fsp3) is 0.360. The number of carbonyl (C=O) groups is 2. The highest BCUT2D eigenvalue weighted by Gasteiger charge is 2.42. The van der Waals surface area contributed by atoms with Crippen LogP contribution in [0.3, 0.4) is 0 Å². The third-order valence-corrected chi connectivity index (χ3v) is 6.38. The lowest BCUT2D eigenvalue weighted by Crippen LogP contribution is -2.51. The van der Waals surface area contributed by atoms with Crippen LogP contribution in [-0.2, 0) is 16.0 Å². The number of esters is 1. The first-order valence-electron chi connectivity index (χ1n) is 10.6. The zero-order valence-corrected chi connectivity index (χ0v) is 18.4. The van der Waals surface area contributed by atoms with Crippen molar-refractivity contribution in [1.29, 1.82) is 0 Å². The van der Waals surface area contributed by atoms with Crippen molar-refractivity contribution in [2.45, 2.75) is 31.3 Å². The van der Waals surface area contributed by atoms with Crippen molar-refractivity contribution in [2.75, 3.05) is 26.7 Å². The third kappa shape index (κ3) is 5.17. The van der Waals surface area contributed by atoms with Crippen LogP contribution in [0.15, 0.2) is 48.5 Å². The van der Waals surface area contributed by atoms with Gasteiger partial charge in [-0.3, -0.25) is 4.79 Å². The van der Waals surface area contributed by atoms with Crippen molar-refractivity contribution in [3.05, 3.63) is 70.3 Å². The van der Waals surface area contributed by atoms with Crippen molar-refractivity contribution < 1.29 is 19.1 Å². The molecule has 6 heteroatoms. The van der Waals surface area contributed by atoms with Crippen LogP contribution in [-0.4, -0.2) is 49.0 Å². The van der Waals surface area contributed by atoms with Crippen LogP contribution in [0.4, 0.5) is 0 Å². The Balaban J connectivity index is 1.36. The quantitative estimate of drug-likeness (QED) is 0.504. The van der Waals surface area contributed by atoms with Gasteiger partial charge in [0.2, 0.25) is 0 Å². The Hall–Kier alpha value is -2.63. The van der Waals surface area contributed by atoms with Crippen molar-refractivity contribution in [3.63, 3.8) is 0 Å². The maximum atomic E-state index is 12.9. The smallest absolute Gasteiger partial charge is 0.330 e. The van der Waals surface area contributed by atoms with Crippen molar-refractivity contribution in [2.24, 2.45) is 0 Å². The van der Waals surface area contributed by atoms with Crippen LogP contribution in [0, 0.1) is 0 Å². The van der Waals surface area contributed by atoms with Gasteiger partial charge in [-0.05, 0) is 47.9 Å². The summed E-state index contributed by atoms with van der Waals surface area (Å²) < 4.78 is 11.0. The Morgan fingerprint density at radius 1 is 1.19 bits per heavy atom. The minimum absolute atomic E-state index is 0.101. The van der Waals surface area contributed by atoms with Crippen molar-refractivity contribution in [1.82, 2.24) is 4.90 Å². The lowest BCUT2D eigenvalue weighted by Gasteiger charge is -2.44. The highest BCUT2D eigenvalue weighted by atomic mass is 35.5. The van der Waals surface area contributed by atoms with Crippen LogP contribution in [0.2, 0.25) is 5.02 Å². The number of methoxy groups -OCH3 is 1. The van der Waals surface area contributed by atoms with E-state index in [1.165, 1.54) is 18.7 Å². The number of ketones is 1. The number of hydrogen-bond donors (Lipinski definition) is 0. The molecule has 0 amide bonds. The Morgan fingerprint density at radius 2 is 1.94 bits per heavy atom. The van der Waals surface area contributed by atoms with E-state index in [0.29, 0.717) is 17.7 Å². The molecule has 5 nitrogen and oxygen atoms in total. The number of halogens is 1. The van der Waals surface area contributed by atoms with E-state index in [9.17, 15) is 9.59 Å². The monoisotopic (exact) mass is 439 g/mol. The number of piperidine rings is 1. The number of ether oxygens (including phenoxy) is 2. The third-order valence-electron chi connectivity index (χ3n) is 6.12. The Kier molecular flexibility index (Phi) is 6.44.